The van der Waals surface area contributed by atoms with E-state index in [-0.39, 0.29) is 117 Å². The number of phenols is 4. The van der Waals surface area contributed by atoms with Crippen LogP contribution in [0.25, 0.3) is 0 Å². The van der Waals surface area contributed by atoms with E-state index in [0.29, 0.717) is 137 Å². The third kappa shape index (κ3) is 15.7. The summed E-state index contributed by atoms with van der Waals surface area (Å²) in [4.78, 5) is 58.6. The minimum Gasteiger partial charge on any atom is -0.508 e. The Morgan fingerprint density at radius 1 is 0.287 bits per heavy atom. The molecule has 720 valence electrons. The lowest BCUT2D eigenvalue weighted by molar-refractivity contribution is -0.248. The van der Waals surface area contributed by atoms with Crippen molar-refractivity contribution in [2.45, 2.75) is 269 Å². The Labute approximate surface area is 799 Å². The zero-order valence-corrected chi connectivity index (χ0v) is 80.7. The van der Waals surface area contributed by atoms with Gasteiger partial charge in [-0.25, -0.2) is 19.2 Å². The van der Waals surface area contributed by atoms with E-state index in [4.69, 9.17) is 47.4 Å². The molecule has 0 saturated heterocycles. The average molecular weight is 1850 g/mol. The monoisotopic (exact) mass is 1850 g/mol. The van der Waals surface area contributed by atoms with Gasteiger partial charge in [-0.2, -0.15) is 0 Å². The standard InChI is InChI=1S/C116H136O20/c1-11-113(79-31-65-32-80(113)52-109(5,47-65)51-79)133-61-129-105(123)73-23-15-69(16-24-73)101-88-42-90(96(120)40-78(88)60-118)103(71-19-27-75(28-20-71)107(125)131-63-135-115(13-3)83-35-67-36-84(115)56-111(7,49-67)55-83)94-44-92(98(122)46-100(94)128-10)104(72-21-29-76(30-22-72)108(126)132-64-136-116(14-4)85-37-68-38-86(116)58-112(8,50-68)57-85)93-43-91(97(121)45-99(93)127-9)102(87-41-89(101)95(119)39-77(87)59-117)70-17-25-74(26-18-70)106(124)130-62-134-114(12-2)81-33-66-34-82(114)54-110(6,48-66)53-81/h15-30,39-46,65-68,79-86,101-104,117-122H,11-14,31-38,47-64H2,1-10H3. The number of carbonyl (C=O) groups excluding carboxylic acids is 4. The number of aliphatic hydroxyl groups excluding tert-OH is 2. The minimum absolute atomic E-state index is 0.166. The number of hydrogen-bond donors (Lipinski definition) is 6. The lowest BCUT2D eigenvalue weighted by Gasteiger charge is -2.64. The van der Waals surface area contributed by atoms with Crippen LogP contribution in [0.1, 0.15) is 352 Å². The third-order valence-electron chi connectivity index (χ3n) is 37.9. The molecule has 8 aromatic carbocycles. The summed E-state index contributed by atoms with van der Waals surface area (Å²) in [5, 5.41) is 77.5. The lowest BCUT2D eigenvalue weighted by Crippen LogP contribution is -2.61. The zero-order valence-electron chi connectivity index (χ0n) is 80.7. The molecule has 12 atom stereocenters. The largest absolute Gasteiger partial charge is 0.508 e. The number of phenolic OH excluding ortho intramolecular Hbond substituents is 4. The van der Waals surface area contributed by atoms with Crippen molar-refractivity contribution in [1.29, 1.82) is 0 Å². The van der Waals surface area contributed by atoms with Crippen LogP contribution in [0, 0.1) is 92.7 Å². The van der Waals surface area contributed by atoms with Gasteiger partial charge in [-0.05, 0) is 376 Å². The van der Waals surface area contributed by atoms with Crippen molar-refractivity contribution >= 4 is 23.9 Å². The van der Waals surface area contributed by atoms with Gasteiger partial charge in [0.05, 0.1) is 72.1 Å². The minimum atomic E-state index is -1.13. The first kappa shape index (κ1) is 92.5. The number of hydrogen-bond acceptors (Lipinski definition) is 20. The van der Waals surface area contributed by atoms with Crippen molar-refractivity contribution < 1.29 is 97.2 Å². The van der Waals surface area contributed by atoms with Crippen molar-refractivity contribution in [1.82, 2.24) is 0 Å². The van der Waals surface area contributed by atoms with Crippen LogP contribution in [-0.2, 0) is 51.1 Å². The van der Waals surface area contributed by atoms with Gasteiger partial charge in [-0.15, -0.1) is 0 Å². The number of fused-ring (bicyclic) bond motifs is 8. The Morgan fingerprint density at radius 2 is 0.493 bits per heavy atom. The van der Waals surface area contributed by atoms with Crippen molar-refractivity contribution in [3.05, 3.63) is 246 Å². The van der Waals surface area contributed by atoms with E-state index < -0.39 is 83.2 Å². The maximum absolute atomic E-state index is 14.7. The highest BCUT2D eigenvalue weighted by atomic mass is 16.7. The third-order valence-corrected chi connectivity index (χ3v) is 37.9. The summed E-state index contributed by atoms with van der Waals surface area (Å²) < 4.78 is 64.8. The number of methoxy groups -OCH3 is 2. The van der Waals surface area contributed by atoms with Crippen LogP contribution in [0.3, 0.4) is 0 Å². The first-order chi connectivity index (χ1) is 65.4. The van der Waals surface area contributed by atoms with Gasteiger partial charge in [0.15, 0.2) is 27.2 Å². The number of aromatic hydroxyl groups is 4. The average Bonchev–Trinajstić information content (AvgIpc) is 0.728. The second-order valence-electron chi connectivity index (χ2n) is 45.7. The van der Waals surface area contributed by atoms with Crippen LogP contribution >= 0.6 is 0 Å². The van der Waals surface area contributed by atoms with E-state index >= 15 is 0 Å². The van der Waals surface area contributed by atoms with Gasteiger partial charge in [0.25, 0.3) is 0 Å². The van der Waals surface area contributed by atoms with E-state index in [2.05, 4.69) is 55.4 Å². The maximum atomic E-state index is 14.7. The molecule has 17 aliphatic carbocycles. The molecule has 136 heavy (non-hydrogen) atoms. The predicted octanol–water partition coefficient (Wildman–Crippen LogP) is 23.0. The van der Waals surface area contributed by atoms with Crippen molar-refractivity contribution in [2.75, 3.05) is 41.4 Å². The van der Waals surface area contributed by atoms with E-state index in [1.807, 2.05) is 0 Å². The molecule has 25 rings (SSSR count). The molecular formula is C116H136O20. The van der Waals surface area contributed by atoms with Crippen LogP contribution in [0.2, 0.25) is 0 Å². The second-order valence-corrected chi connectivity index (χ2v) is 45.7. The molecule has 0 radical (unpaired) electrons. The summed E-state index contributed by atoms with van der Waals surface area (Å²) >= 11 is 0. The second kappa shape index (κ2) is 35.2. The highest BCUT2D eigenvalue weighted by molar-refractivity contribution is 5.91. The fourth-order valence-corrected chi connectivity index (χ4v) is 33.0. The number of benzene rings is 8. The molecule has 16 saturated carbocycles. The Kier molecular flexibility index (Phi) is 24.0. The smallest absolute Gasteiger partial charge is 0.340 e. The van der Waals surface area contributed by atoms with Gasteiger partial charge in [-0.1, -0.05) is 104 Å². The molecule has 24 bridgehead atoms. The van der Waals surface area contributed by atoms with Crippen LogP contribution in [0.4, 0.5) is 0 Å². The van der Waals surface area contributed by atoms with E-state index in [1.54, 1.807) is 121 Å². The van der Waals surface area contributed by atoms with Gasteiger partial charge >= 0.3 is 23.9 Å². The molecule has 0 aliphatic heterocycles. The van der Waals surface area contributed by atoms with Gasteiger partial charge in [-0.3, -0.25) is 0 Å². The number of aliphatic hydroxyl groups is 2. The molecule has 12 unspecified atom stereocenters. The molecule has 20 nitrogen and oxygen atoms in total. The van der Waals surface area contributed by atoms with Crippen molar-refractivity contribution in [2.24, 2.45) is 92.7 Å². The van der Waals surface area contributed by atoms with E-state index in [1.165, 1.54) is 64.2 Å². The van der Waals surface area contributed by atoms with Crippen LogP contribution in [0.5, 0.6) is 34.5 Å². The quantitative estimate of drug-likeness (QED) is 0.0151. The summed E-state index contributed by atoms with van der Waals surface area (Å²) in [6.45, 7) is 16.2. The Morgan fingerprint density at radius 3 is 0.691 bits per heavy atom. The summed E-state index contributed by atoms with van der Waals surface area (Å²) in [7, 11) is 2.96. The topological polar surface area (TPSA) is 282 Å². The van der Waals surface area contributed by atoms with Crippen LogP contribution in [-0.4, -0.2) is 118 Å². The first-order valence-electron chi connectivity index (χ1n) is 50.8. The Balaban J connectivity index is 0.699. The molecule has 0 spiro atoms. The van der Waals surface area contributed by atoms with Crippen molar-refractivity contribution in [3.8, 4) is 34.5 Å². The Hall–Kier alpha value is -9.80. The van der Waals surface area contributed by atoms with E-state index in [9.17, 15) is 49.8 Å². The fraction of sp³-hybridized carbons (Fsp3) is 0.552. The molecule has 0 aromatic heterocycles. The predicted molar refractivity (Wildman–Crippen MR) is 511 cm³/mol. The summed E-state index contributed by atoms with van der Waals surface area (Å²) in [6, 6.07) is 40.7. The molecule has 6 N–H and O–H groups in total. The highest BCUT2D eigenvalue weighted by Crippen LogP contribution is 2.70. The zero-order chi connectivity index (χ0) is 94.7. The van der Waals surface area contributed by atoms with Gasteiger partial charge in [0.2, 0.25) is 0 Å². The lowest BCUT2D eigenvalue weighted by atomic mass is 9.44. The SMILES string of the molecule is CCC1(OCOC(=O)c2ccc(C3c4cc(c(OC)cc4O)C(c4ccc(C(=O)OCOC5(CC)C6CC7CC5CC(C)(C7)C6)cc4)c4cc(c(OC)cc4O)C(c4ccc(C(=O)OCOC5(CC)C6CC7CC5CC(C)(C7)C6)cc4)c4cc(c(CO)cc4O)C(c4ccc(C(=O)OCOC5(CC)C6CC7CC5CC(C)(C7)C6)cc4)c4cc3c(CO)cc4O)cc2)C2CC3CC1CC(C)(C3)C2. The van der Waals surface area contributed by atoms with Crippen LogP contribution < -0.4 is 9.47 Å². The molecule has 16 fully saturated rings. The molecule has 0 amide bonds. The number of esters is 4. The molecule has 8 aromatic rings. The van der Waals surface area contributed by atoms with Gasteiger partial charge in [0, 0.05) is 69.2 Å². The normalized spacial score (nSPS) is 34.6. The molecular weight excluding hydrogens is 1710 g/mol. The number of ether oxygens (including phenoxy) is 10. The van der Waals surface area contributed by atoms with E-state index in [0.717, 1.165) is 128 Å². The fourth-order valence-electron chi connectivity index (χ4n) is 33.0. The summed E-state index contributed by atoms with van der Waals surface area (Å²) in [5.74, 6) is -1.97. The molecule has 0 heterocycles. The summed E-state index contributed by atoms with van der Waals surface area (Å²) in [5.41, 5.74) is 5.44. The Bertz CT molecular complexity index is 5130. The maximum Gasteiger partial charge on any atom is 0.340 e. The first-order valence-corrected chi connectivity index (χ1v) is 50.8. The van der Waals surface area contributed by atoms with Crippen LogP contribution in [0.15, 0.2) is 146 Å². The number of rotatable bonds is 28. The highest BCUT2D eigenvalue weighted by Gasteiger charge is 2.65. The van der Waals surface area contributed by atoms with Gasteiger partial charge < -0.3 is 78.0 Å². The van der Waals surface area contributed by atoms with Gasteiger partial charge in [0.1, 0.15) is 34.5 Å². The number of carbonyl (C=O) groups is 4. The van der Waals surface area contributed by atoms with Crippen molar-refractivity contribution in [3.63, 3.8) is 0 Å². The summed E-state index contributed by atoms with van der Waals surface area (Å²) in [6.07, 6.45) is 25.8. The molecule has 17 aliphatic rings. The molecule has 20 heteroatoms.